The quantitative estimate of drug-likeness (QED) is 0.848. The van der Waals surface area contributed by atoms with E-state index in [-0.39, 0.29) is 5.88 Å². The van der Waals surface area contributed by atoms with E-state index in [1.54, 1.807) is 25.1 Å². The molecule has 0 amide bonds. The van der Waals surface area contributed by atoms with Crippen molar-refractivity contribution in [1.29, 1.82) is 0 Å². The Morgan fingerprint density at radius 1 is 1.12 bits per heavy atom. The van der Waals surface area contributed by atoms with Crippen LogP contribution in [0.1, 0.15) is 5.82 Å². The van der Waals surface area contributed by atoms with Crippen molar-refractivity contribution in [2.45, 2.75) is 6.92 Å². The number of hydrogen-bond donors (Lipinski definition) is 1. The molecule has 0 radical (unpaired) electrons. The topological polar surface area (TPSA) is 46.0 Å². The Morgan fingerprint density at radius 2 is 1.88 bits per heavy atom. The van der Waals surface area contributed by atoms with E-state index in [0.29, 0.717) is 27.1 Å². The minimum absolute atomic E-state index is 0.0754. The molecule has 0 saturated carbocycles. The standard InChI is InChI=1S/C11H8Cl2N2O/c1-6-14-10(5-11(16)15-6)8-3-2-7(12)4-9(8)13/h2-5H,1H3,(H,14,15,16). The Bertz CT molecular complexity index is 523. The number of nitrogens with zero attached hydrogens (tertiary/aromatic N) is 2. The molecule has 2 rings (SSSR count). The minimum atomic E-state index is -0.0754. The van der Waals surface area contributed by atoms with Crippen molar-refractivity contribution in [3.63, 3.8) is 0 Å². The fourth-order valence-corrected chi connectivity index (χ4v) is 1.89. The van der Waals surface area contributed by atoms with Crippen LogP contribution in [0.5, 0.6) is 5.88 Å². The molecule has 0 aliphatic heterocycles. The molecule has 16 heavy (non-hydrogen) atoms. The summed E-state index contributed by atoms with van der Waals surface area (Å²) in [5, 5.41) is 10.4. The summed E-state index contributed by atoms with van der Waals surface area (Å²) < 4.78 is 0. The number of aryl methyl sites for hydroxylation is 1. The van der Waals surface area contributed by atoms with E-state index < -0.39 is 0 Å². The molecule has 3 nitrogen and oxygen atoms in total. The van der Waals surface area contributed by atoms with Crippen molar-refractivity contribution >= 4 is 23.2 Å². The number of aromatic hydroxyl groups is 1. The van der Waals surface area contributed by atoms with Gasteiger partial charge in [0.25, 0.3) is 0 Å². The van der Waals surface area contributed by atoms with Gasteiger partial charge in [-0.2, -0.15) is 4.98 Å². The van der Waals surface area contributed by atoms with Gasteiger partial charge in [0.15, 0.2) is 0 Å². The van der Waals surface area contributed by atoms with Gasteiger partial charge in [-0.15, -0.1) is 0 Å². The Morgan fingerprint density at radius 3 is 2.50 bits per heavy atom. The number of aromatic nitrogens is 2. The third kappa shape index (κ3) is 2.26. The van der Waals surface area contributed by atoms with Crippen LogP contribution in [0.15, 0.2) is 24.3 Å². The van der Waals surface area contributed by atoms with Gasteiger partial charge < -0.3 is 5.11 Å². The SMILES string of the molecule is Cc1nc(O)cc(-c2ccc(Cl)cc2Cl)n1. The summed E-state index contributed by atoms with van der Waals surface area (Å²) in [6.07, 6.45) is 0. The molecule has 1 aromatic heterocycles. The third-order valence-electron chi connectivity index (χ3n) is 2.03. The second-order valence-electron chi connectivity index (χ2n) is 3.28. The van der Waals surface area contributed by atoms with Crippen LogP contribution in [0.4, 0.5) is 0 Å². The fraction of sp³-hybridized carbons (Fsp3) is 0.0909. The van der Waals surface area contributed by atoms with Gasteiger partial charge in [0, 0.05) is 16.7 Å². The Balaban J connectivity index is 2.58. The maximum Gasteiger partial charge on any atom is 0.214 e. The molecule has 1 heterocycles. The van der Waals surface area contributed by atoms with E-state index in [2.05, 4.69) is 9.97 Å². The molecule has 0 aliphatic carbocycles. The van der Waals surface area contributed by atoms with E-state index in [0.717, 1.165) is 0 Å². The van der Waals surface area contributed by atoms with Crippen molar-refractivity contribution < 1.29 is 5.11 Å². The Labute approximate surface area is 103 Å². The van der Waals surface area contributed by atoms with E-state index in [1.807, 2.05) is 0 Å². The van der Waals surface area contributed by atoms with Crippen molar-refractivity contribution in [2.24, 2.45) is 0 Å². The highest BCUT2D eigenvalue weighted by Crippen LogP contribution is 2.30. The first-order valence-corrected chi connectivity index (χ1v) is 5.32. The molecule has 1 aromatic carbocycles. The van der Waals surface area contributed by atoms with Crippen LogP contribution in [-0.4, -0.2) is 15.1 Å². The number of halogens is 2. The van der Waals surface area contributed by atoms with Crippen LogP contribution < -0.4 is 0 Å². The average molecular weight is 255 g/mol. The van der Waals surface area contributed by atoms with Crippen LogP contribution in [0.25, 0.3) is 11.3 Å². The van der Waals surface area contributed by atoms with Gasteiger partial charge in [-0.25, -0.2) is 4.98 Å². The van der Waals surface area contributed by atoms with Gasteiger partial charge in [0.1, 0.15) is 5.82 Å². The molecule has 0 spiro atoms. The summed E-state index contributed by atoms with van der Waals surface area (Å²) in [6, 6.07) is 6.57. The summed E-state index contributed by atoms with van der Waals surface area (Å²) in [5.74, 6) is 0.412. The number of benzene rings is 1. The normalized spacial score (nSPS) is 10.4. The van der Waals surface area contributed by atoms with Crippen LogP contribution >= 0.6 is 23.2 Å². The minimum Gasteiger partial charge on any atom is -0.493 e. The van der Waals surface area contributed by atoms with Gasteiger partial charge in [-0.05, 0) is 25.1 Å². The molecule has 0 unspecified atom stereocenters. The maximum absolute atomic E-state index is 9.38. The summed E-state index contributed by atoms with van der Waals surface area (Å²) in [4.78, 5) is 7.98. The molecule has 0 fully saturated rings. The Hall–Kier alpha value is -1.32. The smallest absolute Gasteiger partial charge is 0.214 e. The summed E-state index contributed by atoms with van der Waals surface area (Å²) >= 11 is 11.8. The van der Waals surface area contributed by atoms with Gasteiger partial charge in [-0.1, -0.05) is 23.2 Å². The largest absolute Gasteiger partial charge is 0.493 e. The summed E-state index contributed by atoms with van der Waals surface area (Å²) in [7, 11) is 0. The maximum atomic E-state index is 9.38. The van der Waals surface area contributed by atoms with Crippen LogP contribution in [0.3, 0.4) is 0 Å². The fourth-order valence-electron chi connectivity index (χ4n) is 1.39. The number of hydrogen-bond acceptors (Lipinski definition) is 3. The summed E-state index contributed by atoms with van der Waals surface area (Å²) in [6.45, 7) is 1.70. The number of rotatable bonds is 1. The molecular weight excluding hydrogens is 247 g/mol. The lowest BCUT2D eigenvalue weighted by atomic mass is 10.1. The zero-order valence-corrected chi connectivity index (χ0v) is 9.92. The lowest BCUT2D eigenvalue weighted by molar-refractivity contribution is 0.450. The zero-order chi connectivity index (χ0) is 11.7. The highest BCUT2D eigenvalue weighted by atomic mass is 35.5. The molecule has 2 aromatic rings. The summed E-state index contributed by atoms with van der Waals surface area (Å²) in [5.41, 5.74) is 1.29. The lowest BCUT2D eigenvalue weighted by Gasteiger charge is -2.05. The molecule has 0 saturated heterocycles. The van der Waals surface area contributed by atoms with Crippen LogP contribution in [0.2, 0.25) is 10.0 Å². The zero-order valence-electron chi connectivity index (χ0n) is 8.41. The molecule has 0 bridgehead atoms. The van der Waals surface area contributed by atoms with Crippen molar-refractivity contribution in [2.75, 3.05) is 0 Å². The predicted octanol–water partition coefficient (Wildman–Crippen LogP) is 3.46. The van der Waals surface area contributed by atoms with Gasteiger partial charge in [0.2, 0.25) is 5.88 Å². The predicted molar refractivity (Wildman–Crippen MR) is 63.9 cm³/mol. The van der Waals surface area contributed by atoms with Crippen molar-refractivity contribution in [1.82, 2.24) is 9.97 Å². The van der Waals surface area contributed by atoms with Crippen molar-refractivity contribution in [3.05, 3.63) is 40.1 Å². The first-order valence-electron chi connectivity index (χ1n) is 4.56. The van der Waals surface area contributed by atoms with E-state index in [1.165, 1.54) is 6.07 Å². The van der Waals surface area contributed by atoms with Gasteiger partial charge in [-0.3, -0.25) is 0 Å². The molecule has 0 atom stereocenters. The second kappa shape index (κ2) is 4.28. The molecule has 1 N–H and O–H groups in total. The van der Waals surface area contributed by atoms with E-state index in [9.17, 15) is 5.11 Å². The third-order valence-corrected chi connectivity index (χ3v) is 2.58. The van der Waals surface area contributed by atoms with Gasteiger partial charge in [0.05, 0.1) is 10.7 Å². The highest BCUT2D eigenvalue weighted by Gasteiger charge is 2.08. The molecule has 5 heteroatoms. The molecule has 0 aliphatic rings. The first kappa shape index (κ1) is 11.2. The molecular formula is C11H8Cl2N2O. The monoisotopic (exact) mass is 254 g/mol. The van der Waals surface area contributed by atoms with Gasteiger partial charge >= 0.3 is 0 Å². The highest BCUT2D eigenvalue weighted by molar-refractivity contribution is 6.36. The van der Waals surface area contributed by atoms with Crippen molar-refractivity contribution in [3.8, 4) is 17.1 Å². The Kier molecular flexibility index (Phi) is 2.99. The first-order chi connectivity index (χ1) is 7.56. The lowest BCUT2D eigenvalue weighted by Crippen LogP contribution is -1.91. The average Bonchev–Trinajstić information content (AvgIpc) is 2.15. The van der Waals surface area contributed by atoms with E-state index in [4.69, 9.17) is 23.2 Å². The molecule has 82 valence electrons. The van der Waals surface area contributed by atoms with Crippen LogP contribution in [-0.2, 0) is 0 Å². The second-order valence-corrected chi connectivity index (χ2v) is 4.13. The van der Waals surface area contributed by atoms with Crippen LogP contribution in [0, 0.1) is 6.92 Å². The van der Waals surface area contributed by atoms with E-state index >= 15 is 0 Å².